The van der Waals surface area contributed by atoms with Gasteiger partial charge in [-0.15, -0.1) is 0 Å². The fraction of sp³-hybridized carbons (Fsp3) is 0.556. The number of ether oxygens (including phenoxy) is 1. The fourth-order valence-electron chi connectivity index (χ4n) is 3.42. The summed E-state index contributed by atoms with van der Waals surface area (Å²) in [6.07, 6.45) is 0.258. The molecule has 26 heavy (non-hydrogen) atoms. The van der Waals surface area contributed by atoms with Gasteiger partial charge >= 0.3 is 6.09 Å². The van der Waals surface area contributed by atoms with Gasteiger partial charge in [0.15, 0.2) is 0 Å². The number of amides is 1. The standard InChI is InChI=1S/C18H23FN4O2S/c1-2-5-21-6-8-22(9-7-21)17-4-3-14(10-16(17)19)23-12-15(11-20-13-26)25-18(23)24/h3-4,10,15H,2,5-9,11-12H2,1H3/t15-/m0/s1. The lowest BCUT2D eigenvalue weighted by Gasteiger charge is -2.36. The van der Waals surface area contributed by atoms with Crippen molar-refractivity contribution in [2.45, 2.75) is 19.4 Å². The van der Waals surface area contributed by atoms with E-state index in [4.69, 9.17) is 4.74 Å². The van der Waals surface area contributed by atoms with Crippen LogP contribution in [-0.2, 0) is 4.74 Å². The summed E-state index contributed by atoms with van der Waals surface area (Å²) in [7, 11) is 0. The third kappa shape index (κ3) is 4.20. The van der Waals surface area contributed by atoms with E-state index in [-0.39, 0.29) is 18.5 Å². The molecular weight excluding hydrogens is 355 g/mol. The number of thiocarbonyl (C=S) groups is 1. The topological polar surface area (TPSA) is 48.4 Å². The van der Waals surface area contributed by atoms with Crippen molar-refractivity contribution in [3.63, 3.8) is 0 Å². The zero-order valence-corrected chi connectivity index (χ0v) is 15.7. The number of nitrogens with zero attached hydrogens (tertiary/aromatic N) is 4. The number of aliphatic imine (C=N–C) groups is 1. The van der Waals surface area contributed by atoms with Crippen LogP contribution in [0.15, 0.2) is 23.2 Å². The smallest absolute Gasteiger partial charge is 0.414 e. The van der Waals surface area contributed by atoms with Gasteiger partial charge in [0.2, 0.25) is 0 Å². The summed E-state index contributed by atoms with van der Waals surface area (Å²) in [5, 5.41) is 2.26. The predicted molar refractivity (Wildman–Crippen MR) is 103 cm³/mol. The molecule has 0 aromatic heterocycles. The molecule has 2 fully saturated rings. The van der Waals surface area contributed by atoms with E-state index in [2.05, 4.69) is 39.1 Å². The van der Waals surface area contributed by atoms with Crippen molar-refractivity contribution >= 4 is 34.8 Å². The number of hydrogen-bond donors (Lipinski definition) is 0. The lowest BCUT2D eigenvalue weighted by Crippen LogP contribution is -2.46. The molecule has 0 saturated carbocycles. The highest BCUT2D eigenvalue weighted by molar-refractivity contribution is 7.78. The number of piperazine rings is 1. The summed E-state index contributed by atoms with van der Waals surface area (Å²) in [5.74, 6) is -0.320. The highest BCUT2D eigenvalue weighted by Crippen LogP contribution is 2.28. The molecular formula is C18H23FN4O2S. The first-order valence-electron chi connectivity index (χ1n) is 8.91. The average molecular weight is 378 g/mol. The van der Waals surface area contributed by atoms with Gasteiger partial charge in [0, 0.05) is 26.2 Å². The zero-order chi connectivity index (χ0) is 18.5. The molecule has 0 aliphatic carbocycles. The molecule has 1 aromatic rings. The second kappa shape index (κ2) is 8.58. The molecule has 2 saturated heterocycles. The first-order chi connectivity index (χ1) is 12.6. The van der Waals surface area contributed by atoms with E-state index in [9.17, 15) is 9.18 Å². The molecule has 1 amide bonds. The van der Waals surface area contributed by atoms with Gasteiger partial charge in [0.1, 0.15) is 11.9 Å². The average Bonchev–Trinajstić information content (AvgIpc) is 3.02. The number of anilines is 2. The van der Waals surface area contributed by atoms with Crippen LogP contribution in [0.1, 0.15) is 13.3 Å². The number of hydrogen-bond acceptors (Lipinski definition) is 6. The molecule has 140 valence electrons. The molecule has 2 aliphatic heterocycles. The summed E-state index contributed by atoms with van der Waals surface area (Å²) in [6.45, 7) is 7.34. The fourth-order valence-corrected chi connectivity index (χ4v) is 3.49. The second-order valence-corrected chi connectivity index (χ2v) is 6.70. The first-order valence-corrected chi connectivity index (χ1v) is 9.31. The maximum absolute atomic E-state index is 14.7. The van der Waals surface area contributed by atoms with E-state index in [1.165, 1.54) is 11.0 Å². The van der Waals surface area contributed by atoms with Crippen LogP contribution < -0.4 is 9.80 Å². The Balaban J connectivity index is 1.66. The van der Waals surface area contributed by atoms with E-state index >= 15 is 0 Å². The summed E-state index contributed by atoms with van der Waals surface area (Å²) >= 11 is 4.53. The highest BCUT2D eigenvalue weighted by Gasteiger charge is 2.32. The van der Waals surface area contributed by atoms with E-state index in [0.29, 0.717) is 17.9 Å². The predicted octanol–water partition coefficient (Wildman–Crippen LogP) is 2.79. The van der Waals surface area contributed by atoms with Crippen LogP contribution in [0.2, 0.25) is 0 Å². The molecule has 0 bridgehead atoms. The van der Waals surface area contributed by atoms with Gasteiger partial charge < -0.3 is 9.64 Å². The zero-order valence-electron chi connectivity index (χ0n) is 14.9. The summed E-state index contributed by atoms with van der Waals surface area (Å²) in [4.78, 5) is 21.7. The minimum atomic E-state index is -0.491. The SMILES string of the molecule is CCCN1CCN(c2ccc(N3C[C@H](CN=C=S)OC3=O)cc2F)CC1. The number of benzene rings is 1. The Morgan fingerprint density at radius 3 is 2.77 bits per heavy atom. The van der Waals surface area contributed by atoms with Crippen molar-refractivity contribution in [1.82, 2.24) is 4.90 Å². The van der Waals surface area contributed by atoms with Crippen molar-refractivity contribution in [1.29, 1.82) is 0 Å². The Bertz CT molecular complexity index is 702. The molecule has 0 radical (unpaired) electrons. The van der Waals surface area contributed by atoms with Crippen molar-refractivity contribution in [2.75, 3.05) is 55.6 Å². The van der Waals surface area contributed by atoms with Crippen LogP contribution >= 0.6 is 12.2 Å². The van der Waals surface area contributed by atoms with Gasteiger partial charge in [-0.2, -0.15) is 0 Å². The van der Waals surface area contributed by atoms with E-state index in [1.807, 2.05) is 0 Å². The normalized spacial score (nSPS) is 20.8. The Morgan fingerprint density at radius 1 is 1.35 bits per heavy atom. The summed E-state index contributed by atoms with van der Waals surface area (Å²) < 4.78 is 19.9. The lowest BCUT2D eigenvalue weighted by atomic mass is 10.2. The molecule has 8 heteroatoms. The minimum absolute atomic E-state index is 0.272. The van der Waals surface area contributed by atoms with Crippen molar-refractivity contribution in [3.05, 3.63) is 24.0 Å². The first kappa shape index (κ1) is 18.8. The number of halogens is 1. The van der Waals surface area contributed by atoms with Gasteiger partial charge in [-0.1, -0.05) is 6.92 Å². The maximum atomic E-state index is 14.7. The molecule has 3 rings (SSSR count). The summed E-state index contributed by atoms with van der Waals surface area (Å²) in [5.41, 5.74) is 1.08. The molecule has 2 aliphatic rings. The summed E-state index contributed by atoms with van der Waals surface area (Å²) in [6, 6.07) is 4.92. The third-order valence-electron chi connectivity index (χ3n) is 4.73. The van der Waals surface area contributed by atoms with Gasteiger partial charge in [-0.25, -0.2) is 14.2 Å². The van der Waals surface area contributed by atoms with E-state index in [1.54, 1.807) is 12.1 Å². The highest BCUT2D eigenvalue weighted by atomic mass is 32.1. The van der Waals surface area contributed by atoms with Gasteiger partial charge in [0.05, 0.1) is 29.6 Å². The monoisotopic (exact) mass is 378 g/mol. The van der Waals surface area contributed by atoms with Crippen molar-refractivity contribution < 1.29 is 13.9 Å². The maximum Gasteiger partial charge on any atom is 0.414 e. The van der Waals surface area contributed by atoms with Crippen LogP contribution in [-0.4, -0.2) is 68.1 Å². The Hall–Kier alpha value is -2.02. The Labute approximate surface area is 158 Å². The largest absolute Gasteiger partial charge is 0.442 e. The number of carbonyl (C=O) groups is 1. The van der Waals surface area contributed by atoms with Gasteiger partial charge in [-0.3, -0.25) is 9.80 Å². The number of cyclic esters (lactones) is 1. The lowest BCUT2D eigenvalue weighted by molar-refractivity contribution is 0.145. The van der Waals surface area contributed by atoms with Crippen LogP contribution in [0.3, 0.4) is 0 Å². The van der Waals surface area contributed by atoms with Crippen molar-refractivity contribution in [3.8, 4) is 0 Å². The number of rotatable bonds is 6. The van der Waals surface area contributed by atoms with Crippen LogP contribution in [0.25, 0.3) is 0 Å². The molecule has 0 N–H and O–H groups in total. The molecule has 0 spiro atoms. The molecule has 1 aromatic carbocycles. The Morgan fingerprint density at radius 2 is 2.12 bits per heavy atom. The van der Waals surface area contributed by atoms with Gasteiger partial charge in [0.25, 0.3) is 0 Å². The molecule has 0 unspecified atom stereocenters. The molecule has 6 nitrogen and oxygen atoms in total. The van der Waals surface area contributed by atoms with Gasteiger partial charge in [-0.05, 0) is 43.4 Å². The second-order valence-electron chi connectivity index (χ2n) is 6.51. The number of isothiocyanates is 1. The quantitative estimate of drug-likeness (QED) is 0.563. The van der Waals surface area contributed by atoms with Crippen LogP contribution in [0, 0.1) is 5.82 Å². The van der Waals surface area contributed by atoms with E-state index in [0.717, 1.165) is 39.1 Å². The van der Waals surface area contributed by atoms with Crippen LogP contribution in [0.5, 0.6) is 0 Å². The number of carbonyl (C=O) groups excluding carboxylic acids is 1. The van der Waals surface area contributed by atoms with Crippen molar-refractivity contribution in [2.24, 2.45) is 4.99 Å². The third-order valence-corrected chi connectivity index (χ3v) is 4.86. The van der Waals surface area contributed by atoms with E-state index < -0.39 is 6.09 Å². The van der Waals surface area contributed by atoms with Crippen LogP contribution in [0.4, 0.5) is 20.6 Å². The Kier molecular flexibility index (Phi) is 6.19. The minimum Gasteiger partial charge on any atom is -0.442 e. The molecule has 2 heterocycles. The molecule has 1 atom stereocenters.